The summed E-state index contributed by atoms with van der Waals surface area (Å²) in [5, 5.41) is 14.3. The molecule has 1 fully saturated rings. The summed E-state index contributed by atoms with van der Waals surface area (Å²) in [6, 6.07) is 10.8. The second-order valence-electron chi connectivity index (χ2n) is 6.03. The van der Waals surface area contributed by atoms with E-state index in [1.807, 2.05) is 32.0 Å². The molecule has 7 heteroatoms. The molecule has 1 aliphatic rings. The van der Waals surface area contributed by atoms with Crippen molar-refractivity contribution in [3.63, 3.8) is 0 Å². The first kappa shape index (κ1) is 17.9. The van der Waals surface area contributed by atoms with Gasteiger partial charge in [0.1, 0.15) is 0 Å². The quantitative estimate of drug-likeness (QED) is 0.495. The van der Waals surface area contributed by atoms with E-state index < -0.39 is 4.92 Å². The zero-order chi connectivity index (χ0) is 18.8. The van der Waals surface area contributed by atoms with E-state index in [1.165, 1.54) is 17.8 Å². The molecule has 1 N–H and O–H groups in total. The highest BCUT2D eigenvalue weighted by atomic mass is 32.2. The van der Waals surface area contributed by atoms with Crippen LogP contribution in [0.5, 0.6) is 0 Å². The maximum atomic E-state index is 12.2. The third-order valence-corrected chi connectivity index (χ3v) is 4.94. The fraction of sp³-hybridized carbons (Fsp3) is 0.158. The average Bonchev–Trinajstić information content (AvgIpc) is 2.92. The number of nitrogens with one attached hydrogen (secondary N) is 1. The van der Waals surface area contributed by atoms with Crippen LogP contribution in [0.1, 0.15) is 22.3 Å². The third kappa shape index (κ3) is 3.67. The van der Waals surface area contributed by atoms with Crippen LogP contribution in [0.15, 0.2) is 46.3 Å². The summed E-state index contributed by atoms with van der Waals surface area (Å²) < 4.78 is 0. The van der Waals surface area contributed by atoms with Gasteiger partial charge in [0, 0.05) is 11.6 Å². The molecule has 0 radical (unpaired) electrons. The smallest absolute Gasteiger partial charge is 0.272 e. The minimum Gasteiger partial charge on any atom is -0.300 e. The largest absolute Gasteiger partial charge is 0.300 e. The van der Waals surface area contributed by atoms with Gasteiger partial charge in [-0.3, -0.25) is 14.9 Å². The first-order chi connectivity index (χ1) is 12.3. The van der Waals surface area contributed by atoms with E-state index in [0.717, 1.165) is 16.8 Å². The van der Waals surface area contributed by atoms with Crippen LogP contribution in [-0.2, 0) is 4.79 Å². The van der Waals surface area contributed by atoms with Gasteiger partial charge in [-0.1, -0.05) is 30.3 Å². The lowest BCUT2D eigenvalue weighted by molar-refractivity contribution is -0.385. The average molecular weight is 367 g/mol. The number of carbonyl (C=O) groups is 1. The second-order valence-corrected chi connectivity index (χ2v) is 7.06. The lowest BCUT2D eigenvalue weighted by atomic mass is 10.1. The standard InChI is InChI=1S/C19H17N3O3S/c1-11-7-8-14(9-15(11)22(24)25)10-16-18(23)21-19(26-16)20-17-12(2)5-4-6-13(17)3/h4-10H,1-3H3,(H,20,21,23)/b16-10+. The molecule has 6 nitrogen and oxygen atoms in total. The van der Waals surface area contributed by atoms with Gasteiger partial charge in [-0.25, -0.2) is 4.99 Å². The minimum atomic E-state index is -0.424. The normalized spacial score (nSPS) is 17.0. The highest BCUT2D eigenvalue weighted by molar-refractivity contribution is 8.18. The van der Waals surface area contributed by atoms with Gasteiger partial charge in [0.25, 0.3) is 11.6 Å². The number of para-hydroxylation sites is 1. The molecule has 1 aliphatic heterocycles. The number of hydrogen-bond donors (Lipinski definition) is 1. The number of amidine groups is 1. The number of nitrogens with zero attached hydrogens (tertiary/aromatic N) is 2. The Morgan fingerprint density at radius 2 is 1.81 bits per heavy atom. The number of nitro groups is 1. The molecular formula is C19H17N3O3S. The van der Waals surface area contributed by atoms with Crippen LogP contribution in [0.3, 0.4) is 0 Å². The number of aryl methyl sites for hydroxylation is 3. The van der Waals surface area contributed by atoms with Crippen LogP contribution in [0.2, 0.25) is 0 Å². The van der Waals surface area contributed by atoms with E-state index in [2.05, 4.69) is 10.3 Å². The van der Waals surface area contributed by atoms with Gasteiger partial charge in [0.2, 0.25) is 0 Å². The zero-order valence-electron chi connectivity index (χ0n) is 14.6. The Hall–Kier alpha value is -2.93. The van der Waals surface area contributed by atoms with Crippen molar-refractivity contribution in [2.45, 2.75) is 20.8 Å². The summed E-state index contributed by atoms with van der Waals surface area (Å²) in [6.07, 6.45) is 1.64. The molecule has 0 bridgehead atoms. The Balaban J connectivity index is 1.91. The molecule has 1 heterocycles. The Morgan fingerprint density at radius 1 is 1.12 bits per heavy atom. The van der Waals surface area contributed by atoms with Crippen LogP contribution >= 0.6 is 11.8 Å². The monoisotopic (exact) mass is 367 g/mol. The van der Waals surface area contributed by atoms with Gasteiger partial charge >= 0.3 is 0 Å². The number of rotatable bonds is 3. The van der Waals surface area contributed by atoms with Crippen molar-refractivity contribution in [1.29, 1.82) is 0 Å². The Bertz CT molecular complexity index is 960. The molecule has 2 aromatic carbocycles. The van der Waals surface area contributed by atoms with Gasteiger partial charge in [-0.15, -0.1) is 0 Å². The molecule has 3 rings (SSSR count). The van der Waals surface area contributed by atoms with Crippen LogP contribution in [0.25, 0.3) is 6.08 Å². The van der Waals surface area contributed by atoms with Crippen molar-refractivity contribution < 1.29 is 9.72 Å². The van der Waals surface area contributed by atoms with Gasteiger partial charge in [-0.2, -0.15) is 0 Å². The van der Waals surface area contributed by atoms with Crippen LogP contribution in [-0.4, -0.2) is 16.0 Å². The lowest BCUT2D eigenvalue weighted by Crippen LogP contribution is -2.19. The first-order valence-corrected chi connectivity index (χ1v) is 8.77. The number of hydrogen-bond acceptors (Lipinski definition) is 5. The Morgan fingerprint density at radius 3 is 2.46 bits per heavy atom. The molecule has 0 aliphatic carbocycles. The molecule has 132 valence electrons. The topological polar surface area (TPSA) is 84.6 Å². The molecule has 1 saturated heterocycles. The molecule has 2 aromatic rings. The summed E-state index contributed by atoms with van der Waals surface area (Å²) >= 11 is 1.22. The van der Waals surface area contributed by atoms with Gasteiger partial charge in [0.05, 0.1) is 15.5 Å². The van der Waals surface area contributed by atoms with E-state index >= 15 is 0 Å². The van der Waals surface area contributed by atoms with Crippen LogP contribution in [0.4, 0.5) is 11.4 Å². The number of benzene rings is 2. The molecule has 0 aromatic heterocycles. The zero-order valence-corrected chi connectivity index (χ0v) is 15.4. The van der Waals surface area contributed by atoms with Crippen molar-refractivity contribution in [3.05, 3.63) is 73.7 Å². The highest BCUT2D eigenvalue weighted by Gasteiger charge is 2.24. The highest BCUT2D eigenvalue weighted by Crippen LogP contribution is 2.31. The number of nitro benzene ring substituents is 1. The molecule has 26 heavy (non-hydrogen) atoms. The van der Waals surface area contributed by atoms with Gasteiger partial charge in [-0.05, 0) is 55.3 Å². The van der Waals surface area contributed by atoms with Crippen molar-refractivity contribution in [2.24, 2.45) is 4.99 Å². The first-order valence-electron chi connectivity index (χ1n) is 7.96. The van der Waals surface area contributed by atoms with E-state index in [9.17, 15) is 14.9 Å². The number of amides is 1. The molecule has 1 amide bonds. The summed E-state index contributed by atoms with van der Waals surface area (Å²) in [7, 11) is 0. The fourth-order valence-corrected chi connectivity index (χ4v) is 3.46. The number of carbonyl (C=O) groups excluding carboxylic acids is 1. The summed E-state index contributed by atoms with van der Waals surface area (Å²) in [5.74, 6) is -0.261. The minimum absolute atomic E-state index is 0.0344. The molecule has 0 atom stereocenters. The van der Waals surface area contributed by atoms with E-state index in [4.69, 9.17) is 0 Å². The predicted molar refractivity (Wildman–Crippen MR) is 105 cm³/mol. The third-order valence-electron chi connectivity index (χ3n) is 4.03. The SMILES string of the molecule is Cc1ccc(/C=C2/SC(=Nc3c(C)cccc3C)NC2=O)cc1[N+](=O)[O-]. The number of thioether (sulfide) groups is 1. The summed E-state index contributed by atoms with van der Waals surface area (Å²) in [6.45, 7) is 5.62. The van der Waals surface area contributed by atoms with Crippen LogP contribution in [0, 0.1) is 30.9 Å². The summed E-state index contributed by atoms with van der Waals surface area (Å²) in [5.41, 5.74) is 4.11. The molecule has 0 unspecified atom stereocenters. The summed E-state index contributed by atoms with van der Waals surface area (Å²) in [4.78, 5) is 27.9. The van der Waals surface area contributed by atoms with Crippen molar-refractivity contribution in [1.82, 2.24) is 5.32 Å². The fourth-order valence-electron chi connectivity index (χ4n) is 2.63. The Labute approximate surface area is 155 Å². The number of aliphatic imine (C=N–C) groups is 1. The van der Waals surface area contributed by atoms with Crippen molar-refractivity contribution >= 4 is 40.3 Å². The second kappa shape index (κ2) is 7.13. The lowest BCUT2D eigenvalue weighted by Gasteiger charge is -2.04. The van der Waals surface area contributed by atoms with Gasteiger partial charge in [0.15, 0.2) is 5.17 Å². The predicted octanol–water partition coefficient (Wildman–Crippen LogP) is 4.41. The molecule has 0 saturated carbocycles. The van der Waals surface area contributed by atoms with Crippen molar-refractivity contribution in [3.8, 4) is 0 Å². The van der Waals surface area contributed by atoms with Crippen LogP contribution < -0.4 is 5.32 Å². The molecule has 0 spiro atoms. The maximum Gasteiger partial charge on any atom is 0.272 e. The maximum absolute atomic E-state index is 12.2. The van der Waals surface area contributed by atoms with E-state index in [0.29, 0.717) is 21.2 Å². The van der Waals surface area contributed by atoms with E-state index in [1.54, 1.807) is 25.1 Å². The van der Waals surface area contributed by atoms with Gasteiger partial charge < -0.3 is 5.32 Å². The Kier molecular flexibility index (Phi) is 4.90. The van der Waals surface area contributed by atoms with E-state index in [-0.39, 0.29) is 11.6 Å². The molecular weight excluding hydrogens is 350 g/mol. The van der Waals surface area contributed by atoms with Crippen molar-refractivity contribution in [2.75, 3.05) is 0 Å².